The molecule has 0 amide bonds. The van der Waals surface area contributed by atoms with Crippen molar-refractivity contribution in [1.82, 2.24) is 5.32 Å². The summed E-state index contributed by atoms with van der Waals surface area (Å²) < 4.78 is 5.23. The molecule has 2 N–H and O–H groups in total. The Morgan fingerprint density at radius 1 is 1.41 bits per heavy atom. The molecule has 3 heteroatoms. The van der Waals surface area contributed by atoms with Crippen molar-refractivity contribution >= 4 is 0 Å². The lowest BCUT2D eigenvalue weighted by molar-refractivity contribution is 0.169. The van der Waals surface area contributed by atoms with Crippen LogP contribution in [0.25, 0.3) is 0 Å². The van der Waals surface area contributed by atoms with Gasteiger partial charge in [-0.25, -0.2) is 0 Å². The highest BCUT2D eigenvalue weighted by Gasteiger charge is 2.19. The van der Waals surface area contributed by atoms with Gasteiger partial charge in [-0.3, -0.25) is 0 Å². The van der Waals surface area contributed by atoms with Gasteiger partial charge in [0.25, 0.3) is 0 Å². The number of benzene rings is 1. The Hall–Kier alpha value is -1.06. The molecule has 0 aliphatic carbocycles. The van der Waals surface area contributed by atoms with Crippen molar-refractivity contribution in [2.45, 2.75) is 39.3 Å². The quantitative estimate of drug-likeness (QED) is 0.797. The van der Waals surface area contributed by atoms with Gasteiger partial charge in [-0.05, 0) is 37.5 Å². The summed E-state index contributed by atoms with van der Waals surface area (Å²) in [6.45, 7) is 7.05. The molecule has 0 saturated heterocycles. The van der Waals surface area contributed by atoms with E-state index in [1.165, 1.54) is 5.56 Å². The molecule has 1 aromatic carbocycles. The highest BCUT2D eigenvalue weighted by atomic mass is 16.5. The van der Waals surface area contributed by atoms with Crippen LogP contribution >= 0.6 is 0 Å². The summed E-state index contributed by atoms with van der Waals surface area (Å²) in [5, 5.41) is 12.7. The Morgan fingerprint density at radius 2 is 2.12 bits per heavy atom. The molecule has 1 unspecified atom stereocenters. The van der Waals surface area contributed by atoms with E-state index in [2.05, 4.69) is 18.3 Å². The monoisotopic (exact) mass is 237 g/mol. The Labute approximate surface area is 104 Å². The molecule has 0 fully saturated rings. The van der Waals surface area contributed by atoms with Crippen LogP contribution in [0.4, 0.5) is 0 Å². The van der Waals surface area contributed by atoms with Crippen molar-refractivity contribution in [2.24, 2.45) is 0 Å². The lowest BCUT2D eigenvalue weighted by Gasteiger charge is -2.27. The number of nitrogens with one attached hydrogen (secondary N) is 1. The highest BCUT2D eigenvalue weighted by molar-refractivity contribution is 5.36. The van der Waals surface area contributed by atoms with E-state index in [0.717, 1.165) is 24.3 Å². The topological polar surface area (TPSA) is 41.5 Å². The van der Waals surface area contributed by atoms with Crippen LogP contribution in [0.1, 0.15) is 31.4 Å². The van der Waals surface area contributed by atoms with Gasteiger partial charge in [0.05, 0.1) is 13.7 Å². The summed E-state index contributed by atoms with van der Waals surface area (Å²) in [4.78, 5) is 0. The fourth-order valence-corrected chi connectivity index (χ4v) is 1.66. The summed E-state index contributed by atoms with van der Waals surface area (Å²) in [5.41, 5.74) is 2.14. The zero-order valence-electron chi connectivity index (χ0n) is 11.2. The molecule has 17 heavy (non-hydrogen) atoms. The summed E-state index contributed by atoms with van der Waals surface area (Å²) in [6, 6.07) is 6.14. The standard InChI is InChI=1S/C14H23NO2/c1-5-14(3,10-16)15-9-12-6-7-13(17-4)11(2)8-12/h6-8,15-16H,5,9-10H2,1-4H3. The number of hydrogen-bond donors (Lipinski definition) is 2. The third-order valence-corrected chi connectivity index (χ3v) is 3.31. The van der Waals surface area contributed by atoms with Crippen LogP contribution in [-0.2, 0) is 6.54 Å². The van der Waals surface area contributed by atoms with Crippen LogP contribution in [-0.4, -0.2) is 24.4 Å². The van der Waals surface area contributed by atoms with Gasteiger partial charge in [0, 0.05) is 12.1 Å². The first kappa shape index (κ1) is 14.0. The molecule has 96 valence electrons. The van der Waals surface area contributed by atoms with Gasteiger partial charge in [-0.1, -0.05) is 19.1 Å². The van der Waals surface area contributed by atoms with Gasteiger partial charge in [0.1, 0.15) is 5.75 Å². The minimum Gasteiger partial charge on any atom is -0.496 e. The predicted octanol–water partition coefficient (Wildman–Crippen LogP) is 2.25. The van der Waals surface area contributed by atoms with E-state index in [1.54, 1.807) is 7.11 Å². The Bertz CT molecular complexity index is 359. The molecule has 0 saturated carbocycles. The average Bonchev–Trinajstić information content (AvgIpc) is 2.36. The molecular formula is C14H23NO2. The van der Waals surface area contributed by atoms with Gasteiger partial charge >= 0.3 is 0 Å². The molecule has 0 aliphatic heterocycles. The SMILES string of the molecule is CCC(C)(CO)NCc1ccc(OC)c(C)c1. The van der Waals surface area contributed by atoms with E-state index in [9.17, 15) is 5.11 Å². The highest BCUT2D eigenvalue weighted by Crippen LogP contribution is 2.19. The van der Waals surface area contributed by atoms with Crippen LogP contribution in [0, 0.1) is 6.92 Å². The van der Waals surface area contributed by atoms with E-state index in [1.807, 2.05) is 26.0 Å². The zero-order valence-corrected chi connectivity index (χ0v) is 11.2. The van der Waals surface area contributed by atoms with Gasteiger partial charge < -0.3 is 15.2 Å². The van der Waals surface area contributed by atoms with E-state index < -0.39 is 0 Å². The molecule has 3 nitrogen and oxygen atoms in total. The lowest BCUT2D eigenvalue weighted by atomic mass is 9.99. The molecule has 0 aliphatic rings. The van der Waals surface area contributed by atoms with Crippen LogP contribution in [0.3, 0.4) is 0 Å². The maximum absolute atomic E-state index is 9.32. The van der Waals surface area contributed by atoms with Gasteiger partial charge in [0.2, 0.25) is 0 Å². The van der Waals surface area contributed by atoms with Gasteiger partial charge in [0.15, 0.2) is 0 Å². The Balaban J connectivity index is 2.67. The summed E-state index contributed by atoms with van der Waals surface area (Å²) in [7, 11) is 1.68. The second-order valence-electron chi connectivity index (χ2n) is 4.73. The molecule has 0 aromatic heterocycles. The lowest BCUT2D eigenvalue weighted by Crippen LogP contribution is -2.44. The first-order valence-corrected chi connectivity index (χ1v) is 6.04. The number of rotatable bonds is 6. The summed E-state index contributed by atoms with van der Waals surface area (Å²) in [5.74, 6) is 0.911. The normalized spacial score (nSPS) is 14.4. The van der Waals surface area contributed by atoms with E-state index >= 15 is 0 Å². The molecule has 0 heterocycles. The molecule has 1 rings (SSSR count). The van der Waals surface area contributed by atoms with Crippen molar-refractivity contribution in [3.8, 4) is 5.75 Å². The largest absolute Gasteiger partial charge is 0.496 e. The molecule has 1 atom stereocenters. The molecule has 1 aromatic rings. The van der Waals surface area contributed by atoms with E-state index in [0.29, 0.717) is 0 Å². The molecule has 0 spiro atoms. The molecular weight excluding hydrogens is 214 g/mol. The second kappa shape index (κ2) is 6.03. The third kappa shape index (κ3) is 3.72. The first-order chi connectivity index (χ1) is 8.04. The third-order valence-electron chi connectivity index (χ3n) is 3.31. The maximum atomic E-state index is 9.32. The van der Waals surface area contributed by atoms with E-state index in [-0.39, 0.29) is 12.1 Å². The average molecular weight is 237 g/mol. The number of hydrogen-bond acceptors (Lipinski definition) is 3. The summed E-state index contributed by atoms with van der Waals surface area (Å²) >= 11 is 0. The first-order valence-electron chi connectivity index (χ1n) is 6.04. The van der Waals surface area contributed by atoms with Crippen LogP contribution in [0.2, 0.25) is 0 Å². The number of aliphatic hydroxyl groups is 1. The number of aliphatic hydroxyl groups excluding tert-OH is 1. The van der Waals surface area contributed by atoms with Crippen LogP contribution in [0.15, 0.2) is 18.2 Å². The number of ether oxygens (including phenoxy) is 1. The van der Waals surface area contributed by atoms with Crippen molar-refractivity contribution < 1.29 is 9.84 Å². The minimum atomic E-state index is -0.201. The second-order valence-corrected chi connectivity index (χ2v) is 4.73. The Morgan fingerprint density at radius 3 is 2.59 bits per heavy atom. The maximum Gasteiger partial charge on any atom is 0.121 e. The number of methoxy groups -OCH3 is 1. The van der Waals surface area contributed by atoms with Crippen molar-refractivity contribution in [3.05, 3.63) is 29.3 Å². The fourth-order valence-electron chi connectivity index (χ4n) is 1.66. The van der Waals surface area contributed by atoms with Gasteiger partial charge in [-0.15, -0.1) is 0 Å². The van der Waals surface area contributed by atoms with Gasteiger partial charge in [-0.2, -0.15) is 0 Å². The number of aryl methyl sites for hydroxylation is 1. The van der Waals surface area contributed by atoms with E-state index in [4.69, 9.17) is 4.74 Å². The van der Waals surface area contributed by atoms with Crippen LogP contribution in [0.5, 0.6) is 5.75 Å². The summed E-state index contributed by atoms with van der Waals surface area (Å²) in [6.07, 6.45) is 0.901. The Kier molecular flexibility index (Phi) is 4.97. The van der Waals surface area contributed by atoms with Crippen molar-refractivity contribution in [2.75, 3.05) is 13.7 Å². The smallest absolute Gasteiger partial charge is 0.121 e. The zero-order chi connectivity index (χ0) is 12.9. The minimum absolute atomic E-state index is 0.151. The van der Waals surface area contributed by atoms with Crippen LogP contribution < -0.4 is 10.1 Å². The molecule has 0 bridgehead atoms. The molecule has 0 radical (unpaired) electrons. The van der Waals surface area contributed by atoms with Crippen molar-refractivity contribution in [3.63, 3.8) is 0 Å². The predicted molar refractivity (Wildman–Crippen MR) is 70.4 cm³/mol. The fraction of sp³-hybridized carbons (Fsp3) is 0.571. The van der Waals surface area contributed by atoms with Crippen molar-refractivity contribution in [1.29, 1.82) is 0 Å².